The summed E-state index contributed by atoms with van der Waals surface area (Å²) < 4.78 is 43.7. The average Bonchev–Trinajstić information content (AvgIpc) is 2.46. The molecule has 0 saturated heterocycles. The van der Waals surface area contributed by atoms with Crippen LogP contribution in [0.5, 0.6) is 5.75 Å². The number of ether oxygens (including phenoxy) is 1. The average molecular weight is 298 g/mol. The molecular formula is C13H13F3N4O. The highest BCUT2D eigenvalue weighted by Gasteiger charge is 2.33. The van der Waals surface area contributed by atoms with Crippen LogP contribution >= 0.6 is 0 Å². The lowest BCUT2D eigenvalue weighted by Crippen LogP contribution is -2.12. The number of hydrogen-bond acceptors (Lipinski definition) is 5. The van der Waals surface area contributed by atoms with E-state index >= 15 is 0 Å². The van der Waals surface area contributed by atoms with E-state index < -0.39 is 11.9 Å². The molecule has 0 aliphatic rings. The van der Waals surface area contributed by atoms with Crippen LogP contribution in [-0.2, 0) is 6.18 Å². The summed E-state index contributed by atoms with van der Waals surface area (Å²) in [4.78, 5) is 11.4. The summed E-state index contributed by atoms with van der Waals surface area (Å²) >= 11 is 0. The topological polar surface area (TPSA) is 59.9 Å². The standard InChI is InChI=1S/C13H13F3N4O/c1-3-18-12-19-10(5-11(20-12)13(14,15)16)8-4-9(21-2)7-17-6-8/h4-7H,3H2,1-2H3,(H,18,19,20). The van der Waals surface area contributed by atoms with E-state index in [1.165, 1.54) is 19.5 Å². The largest absolute Gasteiger partial charge is 0.495 e. The molecule has 2 aromatic rings. The fraction of sp³-hybridized carbons (Fsp3) is 0.308. The van der Waals surface area contributed by atoms with Crippen molar-refractivity contribution < 1.29 is 17.9 Å². The Morgan fingerprint density at radius 3 is 2.57 bits per heavy atom. The Kier molecular flexibility index (Phi) is 4.25. The molecule has 112 valence electrons. The van der Waals surface area contributed by atoms with Crippen molar-refractivity contribution >= 4 is 5.95 Å². The molecule has 8 heteroatoms. The number of aromatic nitrogens is 3. The zero-order chi connectivity index (χ0) is 15.5. The highest BCUT2D eigenvalue weighted by atomic mass is 19.4. The van der Waals surface area contributed by atoms with E-state index in [-0.39, 0.29) is 11.6 Å². The lowest BCUT2D eigenvalue weighted by Gasteiger charge is -2.11. The van der Waals surface area contributed by atoms with Gasteiger partial charge in [-0.25, -0.2) is 9.97 Å². The number of halogens is 3. The molecule has 0 aliphatic carbocycles. The Hall–Kier alpha value is -2.38. The lowest BCUT2D eigenvalue weighted by atomic mass is 10.2. The molecular weight excluding hydrogens is 285 g/mol. The van der Waals surface area contributed by atoms with Gasteiger partial charge in [0.2, 0.25) is 5.95 Å². The van der Waals surface area contributed by atoms with Crippen molar-refractivity contribution in [3.8, 4) is 17.0 Å². The Labute approximate surface area is 119 Å². The van der Waals surface area contributed by atoms with Crippen LogP contribution in [-0.4, -0.2) is 28.6 Å². The van der Waals surface area contributed by atoms with E-state index in [2.05, 4.69) is 20.3 Å². The van der Waals surface area contributed by atoms with Crippen LogP contribution < -0.4 is 10.1 Å². The Morgan fingerprint density at radius 1 is 1.19 bits per heavy atom. The zero-order valence-corrected chi connectivity index (χ0v) is 11.4. The fourth-order valence-corrected chi connectivity index (χ4v) is 1.65. The highest BCUT2D eigenvalue weighted by molar-refractivity contribution is 5.61. The van der Waals surface area contributed by atoms with Crippen molar-refractivity contribution in [1.82, 2.24) is 15.0 Å². The zero-order valence-electron chi connectivity index (χ0n) is 11.4. The number of nitrogens with one attached hydrogen (secondary N) is 1. The maximum absolute atomic E-state index is 12.9. The number of nitrogens with zero attached hydrogens (tertiary/aromatic N) is 3. The molecule has 0 amide bonds. The van der Waals surface area contributed by atoms with Crippen LogP contribution in [0.2, 0.25) is 0 Å². The van der Waals surface area contributed by atoms with E-state index in [4.69, 9.17) is 4.74 Å². The minimum atomic E-state index is -4.55. The van der Waals surface area contributed by atoms with Crippen molar-refractivity contribution in [1.29, 1.82) is 0 Å². The molecule has 2 aromatic heterocycles. The Morgan fingerprint density at radius 2 is 1.95 bits per heavy atom. The minimum Gasteiger partial charge on any atom is -0.495 e. The number of hydrogen-bond donors (Lipinski definition) is 1. The fourth-order valence-electron chi connectivity index (χ4n) is 1.65. The van der Waals surface area contributed by atoms with E-state index in [0.717, 1.165) is 6.07 Å². The SMILES string of the molecule is CCNc1nc(-c2cncc(OC)c2)cc(C(F)(F)F)n1. The van der Waals surface area contributed by atoms with Gasteiger partial charge in [0.25, 0.3) is 0 Å². The predicted octanol–water partition coefficient (Wildman–Crippen LogP) is 3.00. The molecule has 0 unspecified atom stereocenters. The lowest BCUT2D eigenvalue weighted by molar-refractivity contribution is -0.141. The number of alkyl halides is 3. The second kappa shape index (κ2) is 5.94. The maximum atomic E-state index is 12.9. The summed E-state index contributed by atoms with van der Waals surface area (Å²) in [5.74, 6) is 0.356. The Bertz CT molecular complexity index is 631. The normalized spacial score (nSPS) is 11.3. The van der Waals surface area contributed by atoms with Gasteiger partial charge in [0, 0.05) is 18.3 Å². The van der Waals surface area contributed by atoms with Gasteiger partial charge in [-0.3, -0.25) is 4.98 Å². The van der Waals surface area contributed by atoms with Crippen LogP contribution in [0.1, 0.15) is 12.6 Å². The molecule has 2 rings (SSSR count). The highest BCUT2D eigenvalue weighted by Crippen LogP contribution is 2.31. The van der Waals surface area contributed by atoms with Gasteiger partial charge in [0.05, 0.1) is 19.0 Å². The molecule has 0 saturated carbocycles. The summed E-state index contributed by atoms with van der Waals surface area (Å²) in [6.45, 7) is 2.16. The third-order valence-electron chi connectivity index (χ3n) is 2.60. The number of rotatable bonds is 4. The van der Waals surface area contributed by atoms with Gasteiger partial charge in [-0.05, 0) is 19.1 Å². The van der Waals surface area contributed by atoms with Crippen LogP contribution in [0.4, 0.5) is 19.1 Å². The van der Waals surface area contributed by atoms with Crippen molar-refractivity contribution in [2.75, 3.05) is 19.0 Å². The molecule has 2 heterocycles. The first-order chi connectivity index (χ1) is 9.94. The quantitative estimate of drug-likeness (QED) is 0.940. The third kappa shape index (κ3) is 3.59. The molecule has 21 heavy (non-hydrogen) atoms. The van der Waals surface area contributed by atoms with E-state index in [9.17, 15) is 13.2 Å². The summed E-state index contributed by atoms with van der Waals surface area (Å²) in [6.07, 6.45) is -1.67. The molecule has 0 spiro atoms. The molecule has 0 fully saturated rings. The second-order valence-corrected chi connectivity index (χ2v) is 4.10. The maximum Gasteiger partial charge on any atom is 0.433 e. The van der Waals surface area contributed by atoms with Gasteiger partial charge in [0.15, 0.2) is 5.69 Å². The van der Waals surface area contributed by atoms with Crippen molar-refractivity contribution in [3.63, 3.8) is 0 Å². The van der Waals surface area contributed by atoms with Crippen molar-refractivity contribution in [2.24, 2.45) is 0 Å². The summed E-state index contributed by atoms with van der Waals surface area (Å²) in [7, 11) is 1.45. The Balaban J connectivity index is 2.53. The predicted molar refractivity (Wildman–Crippen MR) is 71.0 cm³/mol. The minimum absolute atomic E-state index is 0.0786. The molecule has 0 radical (unpaired) electrons. The van der Waals surface area contributed by atoms with Crippen LogP contribution in [0.3, 0.4) is 0 Å². The molecule has 0 aliphatic heterocycles. The van der Waals surface area contributed by atoms with Gasteiger partial charge in [0.1, 0.15) is 5.75 Å². The molecule has 5 nitrogen and oxygen atoms in total. The number of methoxy groups -OCH3 is 1. The summed E-state index contributed by atoms with van der Waals surface area (Å²) in [5.41, 5.74) is -0.465. The first-order valence-corrected chi connectivity index (χ1v) is 6.13. The van der Waals surface area contributed by atoms with Gasteiger partial charge in [-0.2, -0.15) is 13.2 Å². The third-order valence-corrected chi connectivity index (χ3v) is 2.60. The van der Waals surface area contributed by atoms with Crippen LogP contribution in [0, 0.1) is 0 Å². The van der Waals surface area contributed by atoms with Gasteiger partial charge in [-0.15, -0.1) is 0 Å². The van der Waals surface area contributed by atoms with Crippen molar-refractivity contribution in [3.05, 3.63) is 30.2 Å². The van der Waals surface area contributed by atoms with Crippen LogP contribution in [0.15, 0.2) is 24.5 Å². The first kappa shape index (κ1) is 15.0. The molecule has 1 N–H and O–H groups in total. The number of anilines is 1. The van der Waals surface area contributed by atoms with E-state index in [1.807, 2.05) is 0 Å². The number of pyridine rings is 1. The smallest absolute Gasteiger partial charge is 0.433 e. The van der Waals surface area contributed by atoms with E-state index in [0.29, 0.717) is 17.9 Å². The second-order valence-electron chi connectivity index (χ2n) is 4.10. The summed E-state index contributed by atoms with van der Waals surface area (Å²) in [6, 6.07) is 2.45. The first-order valence-electron chi connectivity index (χ1n) is 6.13. The van der Waals surface area contributed by atoms with Gasteiger partial charge >= 0.3 is 6.18 Å². The van der Waals surface area contributed by atoms with Gasteiger partial charge in [-0.1, -0.05) is 0 Å². The van der Waals surface area contributed by atoms with E-state index in [1.54, 1.807) is 13.0 Å². The molecule has 0 bridgehead atoms. The summed E-state index contributed by atoms with van der Waals surface area (Å²) in [5, 5.41) is 2.68. The monoisotopic (exact) mass is 298 g/mol. The van der Waals surface area contributed by atoms with Gasteiger partial charge < -0.3 is 10.1 Å². The molecule has 0 atom stereocenters. The molecule has 0 aromatic carbocycles. The van der Waals surface area contributed by atoms with Crippen molar-refractivity contribution in [2.45, 2.75) is 13.1 Å². The van der Waals surface area contributed by atoms with Crippen LogP contribution in [0.25, 0.3) is 11.3 Å².